The third-order valence-electron chi connectivity index (χ3n) is 3.55. The molecule has 110 valence electrons. The first-order valence-corrected chi connectivity index (χ1v) is 7.20. The molecule has 3 rings (SSSR count). The second kappa shape index (κ2) is 6.20. The molecule has 1 aromatic carbocycles. The Morgan fingerprint density at radius 3 is 3.14 bits per heavy atom. The minimum Gasteiger partial charge on any atom is -0.378 e. The van der Waals surface area contributed by atoms with E-state index in [1.54, 1.807) is 0 Å². The summed E-state index contributed by atoms with van der Waals surface area (Å²) in [5.74, 6) is -0.00578. The number of aromatic nitrogens is 1. The fourth-order valence-corrected chi connectivity index (χ4v) is 2.59. The number of aryl methyl sites for hydroxylation is 1. The molecule has 2 N–H and O–H groups in total. The van der Waals surface area contributed by atoms with Crippen LogP contribution in [0.25, 0.3) is 10.9 Å². The average Bonchev–Trinajstić information content (AvgIpc) is 2.48. The molecule has 1 saturated heterocycles. The van der Waals surface area contributed by atoms with Crippen LogP contribution in [0.5, 0.6) is 0 Å². The summed E-state index contributed by atoms with van der Waals surface area (Å²) in [6.07, 6.45) is 0.412. The Kier molecular flexibility index (Phi) is 4.13. The fourth-order valence-electron chi connectivity index (χ4n) is 2.59. The lowest BCUT2D eigenvalue weighted by Gasteiger charge is -2.23. The summed E-state index contributed by atoms with van der Waals surface area (Å²) in [7, 11) is 0. The highest BCUT2D eigenvalue weighted by atomic mass is 16.5. The monoisotopic (exact) mass is 285 g/mol. The summed E-state index contributed by atoms with van der Waals surface area (Å²) >= 11 is 0. The number of fused-ring (bicyclic) bond motifs is 1. The minimum atomic E-state index is -0.00578. The average molecular weight is 285 g/mol. The molecule has 1 amide bonds. The second-order valence-electron chi connectivity index (χ2n) is 5.31. The number of hydrogen-bond donors (Lipinski definition) is 2. The van der Waals surface area contributed by atoms with E-state index in [0.717, 1.165) is 28.8 Å². The standard InChI is InChI=1S/C16H19N3O2/c1-11-8-15(13-4-2-3-5-14(13)18-11)19-16(20)9-12-10-21-7-6-17-12/h2-5,8,12,17H,6-7,9-10H2,1H3,(H,18,19,20). The summed E-state index contributed by atoms with van der Waals surface area (Å²) < 4.78 is 5.37. The van der Waals surface area contributed by atoms with E-state index in [1.807, 2.05) is 37.3 Å². The largest absolute Gasteiger partial charge is 0.378 e. The predicted molar refractivity (Wildman–Crippen MR) is 82.3 cm³/mol. The lowest BCUT2D eigenvalue weighted by atomic mass is 10.1. The van der Waals surface area contributed by atoms with Crippen molar-refractivity contribution in [2.45, 2.75) is 19.4 Å². The molecular formula is C16H19N3O2. The molecule has 0 aliphatic carbocycles. The van der Waals surface area contributed by atoms with E-state index in [9.17, 15) is 4.79 Å². The summed E-state index contributed by atoms with van der Waals surface area (Å²) in [5, 5.41) is 7.25. The van der Waals surface area contributed by atoms with Gasteiger partial charge < -0.3 is 15.4 Å². The zero-order valence-corrected chi connectivity index (χ0v) is 12.1. The van der Waals surface area contributed by atoms with Gasteiger partial charge >= 0.3 is 0 Å². The quantitative estimate of drug-likeness (QED) is 0.903. The zero-order valence-electron chi connectivity index (χ0n) is 12.1. The highest BCUT2D eigenvalue weighted by Gasteiger charge is 2.17. The van der Waals surface area contributed by atoms with Gasteiger partial charge in [-0.05, 0) is 19.1 Å². The van der Waals surface area contributed by atoms with Gasteiger partial charge in [0, 0.05) is 30.1 Å². The molecule has 0 spiro atoms. The topological polar surface area (TPSA) is 63.2 Å². The number of hydrogen-bond acceptors (Lipinski definition) is 4. The molecule has 1 unspecified atom stereocenters. The van der Waals surface area contributed by atoms with Crippen LogP contribution in [0.4, 0.5) is 5.69 Å². The van der Waals surface area contributed by atoms with Gasteiger partial charge in [0.1, 0.15) is 0 Å². The number of para-hydroxylation sites is 1. The number of carbonyl (C=O) groups excluding carboxylic acids is 1. The van der Waals surface area contributed by atoms with Gasteiger partial charge in [0.05, 0.1) is 24.4 Å². The summed E-state index contributed by atoms with van der Waals surface area (Å²) in [5.41, 5.74) is 2.61. The van der Waals surface area contributed by atoms with Crippen LogP contribution in [0.2, 0.25) is 0 Å². The molecular weight excluding hydrogens is 266 g/mol. The molecule has 1 atom stereocenters. The smallest absolute Gasteiger partial charge is 0.226 e. The van der Waals surface area contributed by atoms with Gasteiger partial charge in [-0.3, -0.25) is 9.78 Å². The van der Waals surface area contributed by atoms with Gasteiger partial charge in [-0.1, -0.05) is 18.2 Å². The van der Waals surface area contributed by atoms with Crippen molar-refractivity contribution in [1.82, 2.24) is 10.3 Å². The van der Waals surface area contributed by atoms with Gasteiger partial charge in [-0.15, -0.1) is 0 Å². The molecule has 2 aromatic rings. The number of pyridine rings is 1. The van der Waals surface area contributed by atoms with Crippen LogP contribution in [-0.2, 0) is 9.53 Å². The van der Waals surface area contributed by atoms with Crippen molar-refractivity contribution in [3.63, 3.8) is 0 Å². The van der Waals surface area contributed by atoms with Crippen molar-refractivity contribution in [3.8, 4) is 0 Å². The molecule has 0 saturated carbocycles. The van der Waals surface area contributed by atoms with E-state index in [2.05, 4.69) is 15.6 Å². The van der Waals surface area contributed by atoms with E-state index in [4.69, 9.17) is 4.74 Å². The zero-order chi connectivity index (χ0) is 14.7. The van der Waals surface area contributed by atoms with E-state index < -0.39 is 0 Å². The van der Waals surface area contributed by atoms with Gasteiger partial charge in [0.2, 0.25) is 5.91 Å². The molecule has 0 bridgehead atoms. The third-order valence-corrected chi connectivity index (χ3v) is 3.55. The van der Waals surface area contributed by atoms with Crippen molar-refractivity contribution < 1.29 is 9.53 Å². The number of benzene rings is 1. The Morgan fingerprint density at radius 2 is 2.33 bits per heavy atom. The van der Waals surface area contributed by atoms with Crippen LogP contribution in [0.15, 0.2) is 30.3 Å². The van der Waals surface area contributed by atoms with Crippen LogP contribution in [0, 0.1) is 6.92 Å². The Hall–Kier alpha value is -1.98. The van der Waals surface area contributed by atoms with E-state index in [1.165, 1.54) is 0 Å². The molecule has 1 aromatic heterocycles. The Morgan fingerprint density at radius 1 is 1.48 bits per heavy atom. The number of rotatable bonds is 3. The number of ether oxygens (including phenoxy) is 1. The molecule has 5 heteroatoms. The molecule has 2 heterocycles. The van der Waals surface area contributed by atoms with E-state index >= 15 is 0 Å². The van der Waals surface area contributed by atoms with Crippen molar-refractivity contribution in [2.75, 3.05) is 25.1 Å². The van der Waals surface area contributed by atoms with Crippen molar-refractivity contribution in [1.29, 1.82) is 0 Å². The van der Waals surface area contributed by atoms with Crippen molar-refractivity contribution in [2.24, 2.45) is 0 Å². The number of anilines is 1. The van der Waals surface area contributed by atoms with Crippen molar-refractivity contribution >= 4 is 22.5 Å². The maximum Gasteiger partial charge on any atom is 0.226 e. The molecule has 0 radical (unpaired) electrons. The van der Waals surface area contributed by atoms with Gasteiger partial charge in [-0.25, -0.2) is 0 Å². The summed E-state index contributed by atoms with van der Waals surface area (Å²) in [6.45, 7) is 4.03. The number of morpholine rings is 1. The first-order valence-electron chi connectivity index (χ1n) is 7.20. The van der Waals surface area contributed by atoms with Crippen LogP contribution >= 0.6 is 0 Å². The Bertz CT molecular complexity index is 651. The number of amides is 1. The number of nitrogens with zero attached hydrogens (tertiary/aromatic N) is 1. The Labute approximate surface area is 123 Å². The summed E-state index contributed by atoms with van der Waals surface area (Å²) in [4.78, 5) is 16.7. The van der Waals surface area contributed by atoms with Crippen LogP contribution in [-0.4, -0.2) is 36.7 Å². The lowest BCUT2D eigenvalue weighted by Crippen LogP contribution is -2.43. The SMILES string of the molecule is Cc1cc(NC(=O)CC2COCCN2)c2ccccc2n1. The molecule has 5 nitrogen and oxygen atoms in total. The molecule has 21 heavy (non-hydrogen) atoms. The van der Waals surface area contributed by atoms with Crippen LogP contribution in [0.1, 0.15) is 12.1 Å². The van der Waals surface area contributed by atoms with Crippen LogP contribution in [0.3, 0.4) is 0 Å². The van der Waals surface area contributed by atoms with E-state index in [-0.39, 0.29) is 11.9 Å². The first-order chi connectivity index (χ1) is 10.2. The van der Waals surface area contributed by atoms with Crippen LogP contribution < -0.4 is 10.6 Å². The fraction of sp³-hybridized carbons (Fsp3) is 0.375. The normalized spacial score (nSPS) is 18.6. The van der Waals surface area contributed by atoms with E-state index in [0.29, 0.717) is 19.6 Å². The van der Waals surface area contributed by atoms with Gasteiger partial charge in [-0.2, -0.15) is 0 Å². The van der Waals surface area contributed by atoms with Gasteiger partial charge in [0.15, 0.2) is 0 Å². The second-order valence-corrected chi connectivity index (χ2v) is 5.31. The number of carbonyl (C=O) groups is 1. The first kappa shape index (κ1) is 14.0. The minimum absolute atomic E-state index is 0.00578. The molecule has 1 aliphatic rings. The third kappa shape index (κ3) is 3.37. The molecule has 1 fully saturated rings. The van der Waals surface area contributed by atoms with Crippen molar-refractivity contribution in [3.05, 3.63) is 36.0 Å². The maximum atomic E-state index is 12.2. The van der Waals surface area contributed by atoms with Gasteiger partial charge in [0.25, 0.3) is 0 Å². The molecule has 1 aliphatic heterocycles. The highest BCUT2D eigenvalue weighted by Crippen LogP contribution is 2.23. The summed E-state index contributed by atoms with van der Waals surface area (Å²) in [6, 6.07) is 9.82. The number of nitrogens with one attached hydrogen (secondary N) is 2. The Balaban J connectivity index is 1.76. The highest BCUT2D eigenvalue weighted by molar-refractivity contribution is 6.01. The lowest BCUT2D eigenvalue weighted by molar-refractivity contribution is -0.117. The predicted octanol–water partition coefficient (Wildman–Crippen LogP) is 1.86. The maximum absolute atomic E-state index is 12.2.